The second-order valence-electron chi connectivity index (χ2n) is 6.82. The lowest BCUT2D eigenvalue weighted by atomic mass is 10.0. The number of benzene rings is 3. The van der Waals surface area contributed by atoms with Gasteiger partial charge in [0.1, 0.15) is 11.5 Å². The highest BCUT2D eigenvalue weighted by atomic mass is 16.5. The van der Waals surface area contributed by atoms with Crippen LogP contribution < -0.4 is 20.1 Å². The van der Waals surface area contributed by atoms with Crippen LogP contribution in [0.25, 0.3) is 0 Å². The Kier molecular flexibility index (Phi) is 5.66. The highest BCUT2D eigenvalue weighted by molar-refractivity contribution is 6.20. The molecule has 1 atom stereocenters. The van der Waals surface area contributed by atoms with Crippen LogP contribution in [0.1, 0.15) is 21.5 Å². The standard InChI is InChI=1S/C24H21N3O4/c1-30-16-9-7-8-15(14-16)21-17-10-3-5-12-19(17)25-24(29)22(26-21)27-23(28)18-11-4-6-13-20(18)31-2/h3-14,22H,1-2H3,(H,25,29)(H,27,28). The Balaban J connectivity index is 1.76. The van der Waals surface area contributed by atoms with E-state index in [1.165, 1.54) is 7.11 Å². The molecule has 0 aromatic heterocycles. The van der Waals surface area contributed by atoms with E-state index < -0.39 is 18.0 Å². The van der Waals surface area contributed by atoms with E-state index in [4.69, 9.17) is 9.47 Å². The number of aliphatic imine (C=N–C) groups is 1. The van der Waals surface area contributed by atoms with Gasteiger partial charge in [0.25, 0.3) is 11.8 Å². The molecule has 0 bridgehead atoms. The van der Waals surface area contributed by atoms with E-state index in [0.717, 1.165) is 11.1 Å². The predicted molar refractivity (Wildman–Crippen MR) is 118 cm³/mol. The van der Waals surface area contributed by atoms with Crippen molar-refractivity contribution in [2.24, 2.45) is 4.99 Å². The number of methoxy groups -OCH3 is 2. The first kappa shape index (κ1) is 20.2. The number of benzodiazepines with no additional fused rings is 1. The molecule has 0 spiro atoms. The van der Waals surface area contributed by atoms with Crippen molar-refractivity contribution in [3.8, 4) is 11.5 Å². The van der Waals surface area contributed by atoms with Gasteiger partial charge >= 0.3 is 0 Å². The van der Waals surface area contributed by atoms with Crippen molar-refractivity contribution in [2.45, 2.75) is 6.17 Å². The minimum atomic E-state index is -1.13. The summed E-state index contributed by atoms with van der Waals surface area (Å²) in [6, 6.07) is 21.6. The fourth-order valence-electron chi connectivity index (χ4n) is 3.39. The second-order valence-corrected chi connectivity index (χ2v) is 6.82. The highest BCUT2D eigenvalue weighted by Gasteiger charge is 2.28. The molecule has 7 heteroatoms. The number of hydrogen-bond donors (Lipinski definition) is 2. The number of rotatable bonds is 5. The Labute approximate surface area is 179 Å². The molecule has 2 N–H and O–H groups in total. The molecule has 0 radical (unpaired) electrons. The van der Waals surface area contributed by atoms with Gasteiger partial charge in [0, 0.05) is 11.1 Å². The first-order chi connectivity index (χ1) is 15.1. The van der Waals surface area contributed by atoms with Crippen molar-refractivity contribution in [1.82, 2.24) is 5.32 Å². The number of anilines is 1. The molecule has 3 aromatic carbocycles. The maximum atomic E-state index is 12.9. The maximum absolute atomic E-state index is 12.9. The van der Waals surface area contributed by atoms with Gasteiger partial charge in [0.2, 0.25) is 6.17 Å². The van der Waals surface area contributed by atoms with Gasteiger partial charge in [0.15, 0.2) is 0 Å². The van der Waals surface area contributed by atoms with Crippen LogP contribution >= 0.6 is 0 Å². The van der Waals surface area contributed by atoms with Crippen molar-refractivity contribution in [3.05, 3.63) is 89.5 Å². The van der Waals surface area contributed by atoms with Gasteiger partial charge in [-0.05, 0) is 30.3 Å². The molecule has 1 aliphatic heterocycles. The van der Waals surface area contributed by atoms with Crippen LogP contribution in [-0.2, 0) is 4.79 Å². The van der Waals surface area contributed by atoms with Crippen LogP contribution in [0.5, 0.6) is 11.5 Å². The predicted octanol–water partition coefficient (Wildman–Crippen LogP) is 3.25. The molecule has 1 aliphatic rings. The Hall–Kier alpha value is -4.13. The summed E-state index contributed by atoms with van der Waals surface area (Å²) in [5.74, 6) is 0.177. The fraction of sp³-hybridized carbons (Fsp3) is 0.125. The number of hydrogen-bond acceptors (Lipinski definition) is 5. The number of nitrogens with one attached hydrogen (secondary N) is 2. The van der Waals surface area contributed by atoms with Gasteiger partial charge in [-0.2, -0.15) is 0 Å². The lowest BCUT2D eigenvalue weighted by molar-refractivity contribution is -0.117. The second kappa shape index (κ2) is 8.71. The first-order valence-electron chi connectivity index (χ1n) is 9.67. The SMILES string of the molecule is COc1cccc(C2=NC(NC(=O)c3ccccc3OC)C(=O)Nc3ccccc32)c1. The van der Waals surface area contributed by atoms with Crippen LogP contribution in [0, 0.1) is 0 Å². The summed E-state index contributed by atoms with van der Waals surface area (Å²) in [7, 11) is 3.07. The normalized spacial score (nSPS) is 15.1. The van der Waals surface area contributed by atoms with Gasteiger partial charge in [-0.15, -0.1) is 0 Å². The summed E-state index contributed by atoms with van der Waals surface area (Å²) in [5.41, 5.74) is 3.01. The van der Waals surface area contributed by atoms with Crippen LogP contribution in [-0.4, -0.2) is 37.9 Å². The minimum absolute atomic E-state index is 0.317. The zero-order chi connectivity index (χ0) is 21.8. The molecule has 0 saturated heterocycles. The van der Waals surface area contributed by atoms with Crippen molar-refractivity contribution in [1.29, 1.82) is 0 Å². The van der Waals surface area contributed by atoms with Crippen LogP contribution in [0.15, 0.2) is 77.8 Å². The summed E-state index contributed by atoms with van der Waals surface area (Å²) < 4.78 is 10.6. The molecule has 1 heterocycles. The number of nitrogens with zero attached hydrogens (tertiary/aromatic N) is 1. The summed E-state index contributed by atoms with van der Waals surface area (Å²) in [4.78, 5) is 30.5. The molecular weight excluding hydrogens is 394 g/mol. The number of para-hydroxylation sites is 2. The summed E-state index contributed by atoms with van der Waals surface area (Å²) in [6.45, 7) is 0. The Morgan fingerprint density at radius 3 is 2.55 bits per heavy atom. The monoisotopic (exact) mass is 415 g/mol. The van der Waals surface area contributed by atoms with Crippen molar-refractivity contribution in [3.63, 3.8) is 0 Å². The third-order valence-corrected chi connectivity index (χ3v) is 4.91. The average molecular weight is 415 g/mol. The van der Waals surface area contributed by atoms with Crippen LogP contribution in [0.2, 0.25) is 0 Å². The molecular formula is C24H21N3O4. The van der Waals surface area contributed by atoms with E-state index in [0.29, 0.717) is 28.5 Å². The molecule has 3 aromatic rings. The van der Waals surface area contributed by atoms with Gasteiger partial charge in [-0.3, -0.25) is 9.59 Å². The van der Waals surface area contributed by atoms with E-state index in [-0.39, 0.29) is 0 Å². The molecule has 31 heavy (non-hydrogen) atoms. The van der Waals surface area contributed by atoms with E-state index in [1.807, 2.05) is 42.5 Å². The topological polar surface area (TPSA) is 89.0 Å². The third kappa shape index (κ3) is 4.11. The van der Waals surface area contributed by atoms with Crippen LogP contribution in [0.4, 0.5) is 5.69 Å². The Morgan fingerprint density at radius 2 is 1.74 bits per heavy atom. The number of ether oxygens (including phenoxy) is 2. The fourth-order valence-corrected chi connectivity index (χ4v) is 3.39. The third-order valence-electron chi connectivity index (χ3n) is 4.91. The number of fused-ring (bicyclic) bond motifs is 1. The Bertz CT molecular complexity index is 1170. The summed E-state index contributed by atoms with van der Waals surface area (Å²) >= 11 is 0. The largest absolute Gasteiger partial charge is 0.497 e. The van der Waals surface area contributed by atoms with Crippen molar-refractivity contribution < 1.29 is 19.1 Å². The molecule has 7 nitrogen and oxygen atoms in total. The molecule has 156 valence electrons. The molecule has 1 unspecified atom stereocenters. The smallest absolute Gasteiger partial charge is 0.269 e. The number of carbonyl (C=O) groups is 2. The van der Waals surface area contributed by atoms with Crippen molar-refractivity contribution >= 4 is 23.2 Å². The molecule has 0 aliphatic carbocycles. The quantitative estimate of drug-likeness (QED) is 0.670. The van der Waals surface area contributed by atoms with Gasteiger partial charge in [-0.25, -0.2) is 4.99 Å². The lowest BCUT2D eigenvalue weighted by Crippen LogP contribution is -2.42. The van der Waals surface area contributed by atoms with E-state index in [1.54, 1.807) is 37.4 Å². The number of amides is 2. The Morgan fingerprint density at radius 1 is 0.968 bits per heavy atom. The highest BCUT2D eigenvalue weighted by Crippen LogP contribution is 2.26. The minimum Gasteiger partial charge on any atom is -0.497 e. The van der Waals surface area contributed by atoms with Gasteiger partial charge in [-0.1, -0.05) is 42.5 Å². The average Bonchev–Trinajstić information content (AvgIpc) is 2.95. The molecule has 0 saturated carbocycles. The lowest BCUT2D eigenvalue weighted by Gasteiger charge is -2.15. The summed E-state index contributed by atoms with van der Waals surface area (Å²) in [5, 5.41) is 5.57. The molecule has 0 fully saturated rings. The summed E-state index contributed by atoms with van der Waals surface area (Å²) in [6.07, 6.45) is -1.13. The van der Waals surface area contributed by atoms with E-state index >= 15 is 0 Å². The van der Waals surface area contributed by atoms with Crippen LogP contribution in [0.3, 0.4) is 0 Å². The van der Waals surface area contributed by atoms with Crippen molar-refractivity contribution in [2.75, 3.05) is 19.5 Å². The molecule has 4 rings (SSSR count). The van der Waals surface area contributed by atoms with Gasteiger partial charge in [0.05, 0.1) is 31.2 Å². The van der Waals surface area contributed by atoms with E-state index in [9.17, 15) is 9.59 Å². The van der Waals surface area contributed by atoms with Gasteiger partial charge < -0.3 is 20.1 Å². The zero-order valence-electron chi connectivity index (χ0n) is 17.1. The maximum Gasteiger partial charge on any atom is 0.269 e. The first-order valence-corrected chi connectivity index (χ1v) is 9.67. The van der Waals surface area contributed by atoms with E-state index in [2.05, 4.69) is 15.6 Å². The number of carbonyl (C=O) groups excluding carboxylic acids is 2. The molecule has 2 amide bonds. The zero-order valence-corrected chi connectivity index (χ0v) is 17.1.